The van der Waals surface area contributed by atoms with E-state index in [-0.39, 0.29) is 0 Å². The fourth-order valence-electron chi connectivity index (χ4n) is 9.62. The van der Waals surface area contributed by atoms with E-state index in [1.807, 2.05) is 0 Å². The molecular formula is C48H27N3. The fourth-order valence-corrected chi connectivity index (χ4v) is 9.62. The lowest BCUT2D eigenvalue weighted by Crippen LogP contribution is -1.97. The largest absolute Gasteiger partial charge is 0.307 e. The number of benzene rings is 8. The molecule has 5 heterocycles. The number of rotatable bonds is 2. The molecule has 13 aromatic rings. The second kappa shape index (κ2) is 9.03. The van der Waals surface area contributed by atoms with E-state index in [9.17, 15) is 0 Å². The van der Waals surface area contributed by atoms with Gasteiger partial charge in [0.25, 0.3) is 0 Å². The zero-order valence-corrected chi connectivity index (χ0v) is 27.4. The first-order chi connectivity index (χ1) is 25.3. The van der Waals surface area contributed by atoms with Gasteiger partial charge in [0.05, 0.1) is 49.7 Å². The summed E-state index contributed by atoms with van der Waals surface area (Å²) in [6.07, 6.45) is 0. The van der Waals surface area contributed by atoms with Crippen LogP contribution in [0.1, 0.15) is 0 Å². The lowest BCUT2D eigenvalue weighted by molar-refractivity contribution is 1.26. The summed E-state index contributed by atoms with van der Waals surface area (Å²) in [6.45, 7) is 0. The van der Waals surface area contributed by atoms with E-state index in [0.717, 1.165) is 0 Å². The minimum Gasteiger partial charge on any atom is -0.307 e. The molecule has 0 saturated heterocycles. The van der Waals surface area contributed by atoms with Crippen molar-refractivity contribution in [2.75, 3.05) is 0 Å². The molecule has 0 unspecified atom stereocenters. The van der Waals surface area contributed by atoms with Crippen molar-refractivity contribution in [1.82, 2.24) is 13.2 Å². The Morgan fingerprint density at radius 3 is 1.61 bits per heavy atom. The second-order valence-corrected chi connectivity index (χ2v) is 14.1. The molecule has 3 nitrogen and oxygen atoms in total. The summed E-state index contributed by atoms with van der Waals surface area (Å²) in [5, 5.41) is 10.4. The molecule has 0 aliphatic heterocycles. The van der Waals surface area contributed by atoms with Gasteiger partial charge in [0, 0.05) is 43.1 Å². The SMILES string of the molecule is c1ccc(-c2ccc3c(c2)c2cccc4c2n3c2cc(-c3ccccc3)cc3c5c(ccc6c7cccc8c9ccccc9n(c87)c65)n4c32)cc1. The van der Waals surface area contributed by atoms with Crippen LogP contribution in [0.5, 0.6) is 0 Å². The van der Waals surface area contributed by atoms with Crippen molar-refractivity contribution in [3.63, 3.8) is 0 Å². The third kappa shape index (κ3) is 3.08. The van der Waals surface area contributed by atoms with Crippen molar-refractivity contribution < 1.29 is 0 Å². The Labute approximate surface area is 291 Å². The molecule has 0 aliphatic carbocycles. The highest BCUT2D eigenvalue weighted by Gasteiger charge is 2.26. The van der Waals surface area contributed by atoms with Crippen molar-refractivity contribution in [1.29, 1.82) is 0 Å². The average molecular weight is 646 g/mol. The highest BCUT2D eigenvalue weighted by atomic mass is 15.0. The van der Waals surface area contributed by atoms with E-state index >= 15 is 0 Å². The molecule has 0 amide bonds. The summed E-state index contributed by atoms with van der Waals surface area (Å²) in [4.78, 5) is 0. The summed E-state index contributed by atoms with van der Waals surface area (Å²) in [7, 11) is 0. The minimum absolute atomic E-state index is 1.22. The van der Waals surface area contributed by atoms with Gasteiger partial charge in [0.1, 0.15) is 0 Å². The molecule has 5 aromatic heterocycles. The van der Waals surface area contributed by atoms with Gasteiger partial charge in [-0.3, -0.25) is 0 Å². The molecule has 0 radical (unpaired) electrons. The van der Waals surface area contributed by atoms with Crippen LogP contribution >= 0.6 is 0 Å². The summed E-state index contributed by atoms with van der Waals surface area (Å²) in [5.41, 5.74) is 16.2. The molecule has 234 valence electrons. The van der Waals surface area contributed by atoms with Gasteiger partial charge in [0.15, 0.2) is 0 Å². The lowest BCUT2D eigenvalue weighted by atomic mass is 10.0. The van der Waals surface area contributed by atoms with Crippen molar-refractivity contribution in [3.05, 3.63) is 164 Å². The Morgan fingerprint density at radius 2 is 0.784 bits per heavy atom. The summed E-state index contributed by atoms with van der Waals surface area (Å²) in [5.74, 6) is 0. The first-order valence-electron chi connectivity index (χ1n) is 17.7. The van der Waals surface area contributed by atoms with Gasteiger partial charge in [-0.05, 0) is 64.7 Å². The van der Waals surface area contributed by atoms with Crippen LogP contribution in [0, 0.1) is 0 Å². The highest BCUT2D eigenvalue weighted by molar-refractivity contribution is 6.33. The van der Waals surface area contributed by atoms with Crippen molar-refractivity contribution >= 4 is 92.7 Å². The molecule has 0 N–H and O–H groups in total. The van der Waals surface area contributed by atoms with Crippen LogP contribution in [-0.4, -0.2) is 13.2 Å². The van der Waals surface area contributed by atoms with Gasteiger partial charge in [-0.15, -0.1) is 0 Å². The quantitative estimate of drug-likeness (QED) is 0.166. The number of hydrogen-bond donors (Lipinski definition) is 0. The monoisotopic (exact) mass is 645 g/mol. The predicted molar refractivity (Wildman–Crippen MR) is 215 cm³/mol. The molecule has 0 bridgehead atoms. The fraction of sp³-hybridized carbons (Fsp3) is 0. The molecule has 0 atom stereocenters. The van der Waals surface area contributed by atoms with Crippen molar-refractivity contribution in [2.45, 2.75) is 0 Å². The second-order valence-electron chi connectivity index (χ2n) is 14.1. The van der Waals surface area contributed by atoms with Crippen LogP contribution in [0.25, 0.3) is 115 Å². The maximum absolute atomic E-state index is 2.56. The van der Waals surface area contributed by atoms with Gasteiger partial charge in [0.2, 0.25) is 0 Å². The number of para-hydroxylation sites is 3. The summed E-state index contributed by atoms with van der Waals surface area (Å²) in [6, 6.07) is 60.8. The topological polar surface area (TPSA) is 13.2 Å². The molecule has 0 fully saturated rings. The minimum atomic E-state index is 1.22. The lowest BCUT2D eigenvalue weighted by Gasteiger charge is -2.13. The van der Waals surface area contributed by atoms with Crippen LogP contribution < -0.4 is 0 Å². The first kappa shape index (κ1) is 26.1. The Morgan fingerprint density at radius 1 is 0.235 bits per heavy atom. The number of hydrogen-bond acceptors (Lipinski definition) is 0. The number of fused-ring (bicyclic) bond motifs is 15. The van der Waals surface area contributed by atoms with Gasteiger partial charge < -0.3 is 13.2 Å². The Balaban J connectivity index is 1.31. The Kier molecular flexibility index (Phi) is 4.62. The van der Waals surface area contributed by atoms with Crippen molar-refractivity contribution in [2.24, 2.45) is 0 Å². The number of aromatic nitrogens is 3. The predicted octanol–water partition coefficient (Wildman–Crippen LogP) is 12.7. The maximum Gasteiger partial charge on any atom is 0.0784 e. The summed E-state index contributed by atoms with van der Waals surface area (Å²) < 4.78 is 7.65. The zero-order valence-electron chi connectivity index (χ0n) is 27.4. The maximum atomic E-state index is 2.56. The average Bonchev–Trinajstić information content (AvgIpc) is 3.93. The van der Waals surface area contributed by atoms with E-state index in [0.29, 0.717) is 0 Å². The highest BCUT2D eigenvalue weighted by Crippen LogP contribution is 2.47. The molecule has 51 heavy (non-hydrogen) atoms. The van der Waals surface area contributed by atoms with Crippen LogP contribution in [0.3, 0.4) is 0 Å². The zero-order chi connectivity index (χ0) is 32.9. The van der Waals surface area contributed by atoms with Crippen LogP contribution in [0.4, 0.5) is 0 Å². The van der Waals surface area contributed by atoms with Gasteiger partial charge in [-0.25, -0.2) is 0 Å². The van der Waals surface area contributed by atoms with Gasteiger partial charge in [-0.1, -0.05) is 121 Å². The standard InChI is InChI=1S/C48H27N3/c1-3-11-28(12-4-1)30-21-23-40-37(25-30)35-18-10-20-42-46(35)49(40)43-27-31(29-13-5-2-6-14-29)26-38-44-41(50(42)47(38)43)24-22-36-34-17-9-16-33-32-15-7-8-19-39(32)51(45(33)34)48(36)44/h1-27H. The molecule has 0 spiro atoms. The molecule has 0 aliphatic rings. The smallest absolute Gasteiger partial charge is 0.0784 e. The molecular weight excluding hydrogens is 619 g/mol. The molecule has 3 heteroatoms. The molecule has 0 saturated carbocycles. The molecule has 8 aromatic carbocycles. The van der Waals surface area contributed by atoms with E-state index in [4.69, 9.17) is 0 Å². The Bertz CT molecular complexity index is 3560. The van der Waals surface area contributed by atoms with Gasteiger partial charge >= 0.3 is 0 Å². The van der Waals surface area contributed by atoms with E-state index in [2.05, 4.69) is 177 Å². The third-order valence-corrected chi connectivity index (χ3v) is 11.7. The van der Waals surface area contributed by atoms with E-state index < -0.39 is 0 Å². The van der Waals surface area contributed by atoms with Crippen molar-refractivity contribution in [3.8, 4) is 22.3 Å². The van der Waals surface area contributed by atoms with Crippen LogP contribution in [0.2, 0.25) is 0 Å². The first-order valence-corrected chi connectivity index (χ1v) is 17.7. The van der Waals surface area contributed by atoms with E-state index in [1.54, 1.807) is 0 Å². The van der Waals surface area contributed by atoms with Crippen LogP contribution in [-0.2, 0) is 0 Å². The summed E-state index contributed by atoms with van der Waals surface area (Å²) >= 11 is 0. The van der Waals surface area contributed by atoms with Crippen LogP contribution in [0.15, 0.2) is 164 Å². The third-order valence-electron chi connectivity index (χ3n) is 11.7. The Hall–Kier alpha value is -6.84. The number of nitrogens with zero attached hydrogens (tertiary/aromatic N) is 3. The van der Waals surface area contributed by atoms with E-state index in [1.165, 1.54) is 115 Å². The normalized spacial score (nSPS) is 12.7. The molecule has 13 rings (SSSR count). The van der Waals surface area contributed by atoms with Gasteiger partial charge in [-0.2, -0.15) is 0 Å².